The van der Waals surface area contributed by atoms with Crippen LogP contribution in [0.25, 0.3) is 0 Å². The molecular weight excluding hydrogens is 98.1 g/mol. The molecule has 1 rings (SSSR count). The third-order valence-electron chi connectivity index (χ3n) is 1.52. The summed E-state index contributed by atoms with van der Waals surface area (Å²) in [6, 6.07) is 0. The molecule has 1 N–H and O–H groups in total. The lowest BCUT2D eigenvalue weighted by Gasteiger charge is -1.98. The standard InChI is InChI=1S/C7H13N/c1-7-3-2-5-8-6-4-7/h4,6-8H,2-3,5H2,1H3. The van der Waals surface area contributed by atoms with E-state index in [1.165, 1.54) is 12.8 Å². The summed E-state index contributed by atoms with van der Waals surface area (Å²) in [5.41, 5.74) is 0. The molecule has 0 aromatic rings. The van der Waals surface area contributed by atoms with Gasteiger partial charge in [-0.25, -0.2) is 0 Å². The van der Waals surface area contributed by atoms with Crippen molar-refractivity contribution in [3.05, 3.63) is 12.3 Å². The van der Waals surface area contributed by atoms with Gasteiger partial charge < -0.3 is 5.32 Å². The second-order valence-electron chi connectivity index (χ2n) is 2.43. The fraction of sp³-hybridized carbons (Fsp3) is 0.714. The maximum absolute atomic E-state index is 3.20. The monoisotopic (exact) mass is 111 g/mol. The van der Waals surface area contributed by atoms with Gasteiger partial charge in [0.05, 0.1) is 0 Å². The van der Waals surface area contributed by atoms with Crippen molar-refractivity contribution in [2.24, 2.45) is 5.92 Å². The molecule has 0 spiro atoms. The number of hydrogen-bond donors (Lipinski definition) is 1. The molecule has 1 heterocycles. The Morgan fingerprint density at radius 2 is 2.50 bits per heavy atom. The maximum atomic E-state index is 3.20. The molecule has 0 amide bonds. The maximum Gasteiger partial charge on any atom is 0.0141 e. The minimum Gasteiger partial charge on any atom is -0.391 e. The van der Waals surface area contributed by atoms with Crippen LogP contribution < -0.4 is 5.32 Å². The normalized spacial score (nSPS) is 28.9. The first-order chi connectivity index (χ1) is 3.89. The molecule has 8 heavy (non-hydrogen) atoms. The van der Waals surface area contributed by atoms with Gasteiger partial charge in [0, 0.05) is 6.54 Å². The highest BCUT2D eigenvalue weighted by Gasteiger charge is 1.98. The molecule has 1 aliphatic rings. The van der Waals surface area contributed by atoms with Gasteiger partial charge >= 0.3 is 0 Å². The molecule has 0 aromatic heterocycles. The van der Waals surface area contributed by atoms with Crippen molar-refractivity contribution in [1.82, 2.24) is 5.32 Å². The average Bonchev–Trinajstić information content (AvgIpc) is 1.94. The second kappa shape index (κ2) is 2.75. The van der Waals surface area contributed by atoms with Gasteiger partial charge in [-0.15, -0.1) is 0 Å². The highest BCUT2D eigenvalue weighted by atomic mass is 14.8. The van der Waals surface area contributed by atoms with E-state index in [0.717, 1.165) is 12.5 Å². The average molecular weight is 111 g/mol. The summed E-state index contributed by atoms with van der Waals surface area (Å²) in [7, 11) is 0. The molecule has 1 atom stereocenters. The Hall–Kier alpha value is -0.460. The van der Waals surface area contributed by atoms with E-state index in [0.29, 0.717) is 0 Å². The van der Waals surface area contributed by atoms with Crippen LogP contribution in [-0.4, -0.2) is 6.54 Å². The molecule has 0 saturated carbocycles. The summed E-state index contributed by atoms with van der Waals surface area (Å²) in [4.78, 5) is 0. The van der Waals surface area contributed by atoms with Crippen LogP contribution in [0.4, 0.5) is 0 Å². The van der Waals surface area contributed by atoms with Gasteiger partial charge in [-0.3, -0.25) is 0 Å². The van der Waals surface area contributed by atoms with Crippen LogP contribution >= 0.6 is 0 Å². The van der Waals surface area contributed by atoms with E-state index in [-0.39, 0.29) is 0 Å². The Labute approximate surface area is 50.8 Å². The van der Waals surface area contributed by atoms with Crippen molar-refractivity contribution in [2.75, 3.05) is 6.54 Å². The smallest absolute Gasteiger partial charge is 0.0141 e. The molecule has 0 aliphatic carbocycles. The summed E-state index contributed by atoms with van der Waals surface area (Å²) >= 11 is 0. The lowest BCUT2D eigenvalue weighted by Crippen LogP contribution is -2.03. The fourth-order valence-corrected chi connectivity index (χ4v) is 0.938. The lowest BCUT2D eigenvalue weighted by atomic mass is 10.1. The van der Waals surface area contributed by atoms with Crippen LogP contribution in [-0.2, 0) is 0 Å². The molecule has 0 aromatic carbocycles. The van der Waals surface area contributed by atoms with Gasteiger partial charge in [-0.2, -0.15) is 0 Å². The van der Waals surface area contributed by atoms with E-state index in [1.807, 2.05) is 0 Å². The van der Waals surface area contributed by atoms with Gasteiger partial charge in [0.25, 0.3) is 0 Å². The first-order valence-corrected chi connectivity index (χ1v) is 3.29. The van der Waals surface area contributed by atoms with Gasteiger partial charge in [-0.1, -0.05) is 13.0 Å². The highest BCUT2D eigenvalue weighted by Crippen LogP contribution is 2.07. The van der Waals surface area contributed by atoms with Crippen molar-refractivity contribution in [1.29, 1.82) is 0 Å². The number of nitrogens with one attached hydrogen (secondary N) is 1. The van der Waals surface area contributed by atoms with Crippen molar-refractivity contribution in [3.8, 4) is 0 Å². The van der Waals surface area contributed by atoms with E-state index < -0.39 is 0 Å². The van der Waals surface area contributed by atoms with E-state index in [4.69, 9.17) is 0 Å². The molecular formula is C7H13N. The molecule has 0 saturated heterocycles. The van der Waals surface area contributed by atoms with E-state index in [1.54, 1.807) is 0 Å². The number of allylic oxidation sites excluding steroid dienone is 1. The summed E-state index contributed by atoms with van der Waals surface area (Å²) in [6.07, 6.45) is 6.95. The summed E-state index contributed by atoms with van der Waals surface area (Å²) in [6.45, 7) is 3.41. The second-order valence-corrected chi connectivity index (χ2v) is 2.43. The van der Waals surface area contributed by atoms with Crippen molar-refractivity contribution < 1.29 is 0 Å². The molecule has 0 fully saturated rings. The molecule has 1 nitrogen and oxygen atoms in total. The van der Waals surface area contributed by atoms with Crippen LogP contribution in [0.5, 0.6) is 0 Å². The van der Waals surface area contributed by atoms with Crippen LogP contribution in [0.3, 0.4) is 0 Å². The predicted molar refractivity (Wildman–Crippen MR) is 35.5 cm³/mol. The predicted octanol–water partition coefficient (Wildman–Crippen LogP) is 1.52. The largest absolute Gasteiger partial charge is 0.391 e. The molecule has 1 aliphatic heterocycles. The first kappa shape index (κ1) is 5.67. The quantitative estimate of drug-likeness (QED) is 0.499. The zero-order valence-corrected chi connectivity index (χ0v) is 5.35. The van der Waals surface area contributed by atoms with Gasteiger partial charge in [0.1, 0.15) is 0 Å². The Morgan fingerprint density at radius 3 is 3.38 bits per heavy atom. The molecule has 1 heteroatoms. The first-order valence-electron chi connectivity index (χ1n) is 3.29. The van der Waals surface area contributed by atoms with Gasteiger partial charge in [0.2, 0.25) is 0 Å². The SMILES string of the molecule is CC1C=CNCCC1. The Morgan fingerprint density at radius 1 is 1.62 bits per heavy atom. The molecule has 46 valence electrons. The molecule has 0 bridgehead atoms. The third-order valence-corrected chi connectivity index (χ3v) is 1.52. The summed E-state index contributed by atoms with van der Waals surface area (Å²) < 4.78 is 0. The van der Waals surface area contributed by atoms with Crippen LogP contribution in [0, 0.1) is 5.92 Å². The number of hydrogen-bond acceptors (Lipinski definition) is 1. The zero-order valence-electron chi connectivity index (χ0n) is 5.35. The van der Waals surface area contributed by atoms with Crippen LogP contribution in [0.1, 0.15) is 19.8 Å². The van der Waals surface area contributed by atoms with E-state index in [9.17, 15) is 0 Å². The zero-order chi connectivity index (χ0) is 5.82. The Bertz CT molecular complexity index is 86.4. The summed E-state index contributed by atoms with van der Waals surface area (Å²) in [5, 5.41) is 3.20. The highest BCUT2D eigenvalue weighted by molar-refractivity contribution is 4.87. The topological polar surface area (TPSA) is 12.0 Å². The minimum absolute atomic E-state index is 0.782. The fourth-order valence-electron chi connectivity index (χ4n) is 0.938. The molecule has 1 unspecified atom stereocenters. The van der Waals surface area contributed by atoms with Crippen LogP contribution in [0.2, 0.25) is 0 Å². The molecule has 0 radical (unpaired) electrons. The summed E-state index contributed by atoms with van der Waals surface area (Å²) in [5.74, 6) is 0.782. The van der Waals surface area contributed by atoms with Crippen molar-refractivity contribution in [3.63, 3.8) is 0 Å². The van der Waals surface area contributed by atoms with Gasteiger partial charge in [-0.05, 0) is 25.0 Å². The van der Waals surface area contributed by atoms with Crippen molar-refractivity contribution >= 4 is 0 Å². The number of rotatable bonds is 0. The lowest BCUT2D eigenvalue weighted by molar-refractivity contribution is 0.617. The van der Waals surface area contributed by atoms with Crippen LogP contribution in [0.15, 0.2) is 12.3 Å². The van der Waals surface area contributed by atoms with Crippen molar-refractivity contribution in [2.45, 2.75) is 19.8 Å². The van der Waals surface area contributed by atoms with E-state index >= 15 is 0 Å². The van der Waals surface area contributed by atoms with Gasteiger partial charge in [0.15, 0.2) is 0 Å². The third kappa shape index (κ3) is 1.57. The minimum atomic E-state index is 0.782. The Kier molecular flexibility index (Phi) is 1.95. The Balaban J connectivity index is 2.33. The van der Waals surface area contributed by atoms with E-state index in [2.05, 4.69) is 24.5 Å².